The lowest BCUT2D eigenvalue weighted by Gasteiger charge is -2.28. The van der Waals surface area contributed by atoms with E-state index in [0.29, 0.717) is 5.92 Å². The molecule has 4 heteroatoms. The number of hydrogen-bond donors (Lipinski definition) is 2. The number of aliphatic carboxylic acids is 1. The molecule has 0 aromatic heterocycles. The highest BCUT2D eigenvalue weighted by atomic mass is 16.4. The second-order valence-corrected chi connectivity index (χ2v) is 3.36. The van der Waals surface area contributed by atoms with Crippen molar-refractivity contribution >= 4 is 5.97 Å². The fraction of sp³-hybridized carbons (Fsp3) is 0.857. The molecule has 0 spiro atoms. The molecule has 0 aliphatic carbocycles. The first kappa shape index (κ1) is 7.06. The van der Waals surface area contributed by atoms with Crippen LogP contribution in [0.4, 0.5) is 0 Å². The van der Waals surface area contributed by atoms with E-state index in [1.807, 2.05) is 5.01 Å². The molecule has 62 valence electrons. The molecule has 0 saturated carbocycles. The van der Waals surface area contributed by atoms with Crippen molar-refractivity contribution in [3.63, 3.8) is 0 Å². The third kappa shape index (κ3) is 1.23. The van der Waals surface area contributed by atoms with Gasteiger partial charge in [0.05, 0.1) is 0 Å². The second-order valence-electron chi connectivity index (χ2n) is 3.36. The number of hydrazine groups is 1. The van der Waals surface area contributed by atoms with Crippen LogP contribution in [0.3, 0.4) is 0 Å². The summed E-state index contributed by atoms with van der Waals surface area (Å²) in [7, 11) is 0. The van der Waals surface area contributed by atoms with Crippen LogP contribution in [-0.4, -0.2) is 35.2 Å². The van der Waals surface area contributed by atoms with Crippen LogP contribution in [0, 0.1) is 5.92 Å². The first-order valence-electron chi connectivity index (χ1n) is 3.99. The fourth-order valence-corrected chi connectivity index (χ4v) is 1.90. The molecule has 2 aliphatic heterocycles. The molecule has 2 fully saturated rings. The summed E-state index contributed by atoms with van der Waals surface area (Å²) in [4.78, 5) is 10.6. The van der Waals surface area contributed by atoms with Crippen LogP contribution >= 0.6 is 0 Å². The molecule has 0 aromatic rings. The molecule has 2 aliphatic rings. The summed E-state index contributed by atoms with van der Waals surface area (Å²) in [5, 5.41) is 10.7. The number of rotatable bonds is 1. The highest BCUT2D eigenvalue weighted by molar-refractivity contribution is 5.73. The smallest absolute Gasteiger partial charge is 0.322 e. The summed E-state index contributed by atoms with van der Waals surface area (Å²) in [5.41, 5.74) is 2.98. The molecular formula is C7H12N2O2. The van der Waals surface area contributed by atoms with E-state index in [1.165, 1.54) is 0 Å². The van der Waals surface area contributed by atoms with Crippen molar-refractivity contribution < 1.29 is 9.90 Å². The molecule has 0 amide bonds. The summed E-state index contributed by atoms with van der Waals surface area (Å²) in [6, 6.07) is -0.337. The predicted molar refractivity (Wildman–Crippen MR) is 38.9 cm³/mol. The van der Waals surface area contributed by atoms with E-state index in [9.17, 15) is 4.79 Å². The van der Waals surface area contributed by atoms with Gasteiger partial charge in [-0.05, 0) is 18.8 Å². The van der Waals surface area contributed by atoms with Gasteiger partial charge in [-0.1, -0.05) is 0 Å². The van der Waals surface area contributed by atoms with Gasteiger partial charge in [-0.15, -0.1) is 0 Å². The van der Waals surface area contributed by atoms with Gasteiger partial charge in [-0.25, -0.2) is 10.4 Å². The molecule has 11 heavy (non-hydrogen) atoms. The number of hydrogen-bond acceptors (Lipinski definition) is 3. The Morgan fingerprint density at radius 3 is 3.09 bits per heavy atom. The van der Waals surface area contributed by atoms with Gasteiger partial charge in [0.25, 0.3) is 0 Å². The maximum absolute atomic E-state index is 10.6. The van der Waals surface area contributed by atoms with Crippen LogP contribution in [0.15, 0.2) is 0 Å². The van der Waals surface area contributed by atoms with Crippen molar-refractivity contribution in [2.24, 2.45) is 5.92 Å². The first-order valence-corrected chi connectivity index (χ1v) is 3.99. The van der Waals surface area contributed by atoms with Crippen LogP contribution in [0.1, 0.15) is 12.8 Å². The normalized spacial score (nSPS) is 42.4. The highest BCUT2D eigenvalue weighted by Crippen LogP contribution is 2.24. The SMILES string of the molecule is O=C(O)C1CC2CCN(C2)N1. The summed E-state index contributed by atoms with van der Waals surface area (Å²) >= 11 is 0. The molecule has 4 nitrogen and oxygen atoms in total. The molecule has 2 rings (SSSR count). The maximum atomic E-state index is 10.6. The van der Waals surface area contributed by atoms with Gasteiger partial charge in [-0.3, -0.25) is 4.79 Å². The molecule has 2 N–H and O–H groups in total. The van der Waals surface area contributed by atoms with Crippen molar-refractivity contribution in [3.8, 4) is 0 Å². The molecule has 0 aromatic carbocycles. The van der Waals surface area contributed by atoms with Gasteiger partial charge in [0.2, 0.25) is 0 Å². The number of carboxylic acid groups (broad SMARTS) is 1. The summed E-state index contributed by atoms with van der Waals surface area (Å²) in [5.74, 6) is -0.112. The molecule has 3 atom stereocenters. The van der Waals surface area contributed by atoms with Crippen LogP contribution in [-0.2, 0) is 4.79 Å². The van der Waals surface area contributed by atoms with E-state index in [-0.39, 0.29) is 6.04 Å². The van der Waals surface area contributed by atoms with Gasteiger partial charge in [0.15, 0.2) is 0 Å². The first-order chi connectivity index (χ1) is 5.25. The largest absolute Gasteiger partial charge is 0.480 e. The summed E-state index contributed by atoms with van der Waals surface area (Å²) < 4.78 is 0. The van der Waals surface area contributed by atoms with Crippen LogP contribution in [0.2, 0.25) is 0 Å². The van der Waals surface area contributed by atoms with Gasteiger partial charge in [-0.2, -0.15) is 0 Å². The number of fused-ring (bicyclic) bond motifs is 2. The van der Waals surface area contributed by atoms with Crippen LogP contribution in [0.5, 0.6) is 0 Å². The zero-order valence-electron chi connectivity index (χ0n) is 6.29. The Kier molecular flexibility index (Phi) is 1.58. The zero-order chi connectivity index (χ0) is 7.84. The van der Waals surface area contributed by atoms with E-state index in [2.05, 4.69) is 5.43 Å². The lowest BCUT2D eigenvalue weighted by molar-refractivity contribution is -0.142. The third-order valence-corrected chi connectivity index (χ3v) is 2.49. The Balaban J connectivity index is 2.02. The average molecular weight is 156 g/mol. The molecular weight excluding hydrogens is 144 g/mol. The molecule has 2 heterocycles. The van der Waals surface area contributed by atoms with E-state index in [0.717, 1.165) is 25.9 Å². The quantitative estimate of drug-likeness (QED) is 0.546. The fourth-order valence-electron chi connectivity index (χ4n) is 1.90. The number of nitrogens with zero attached hydrogens (tertiary/aromatic N) is 1. The van der Waals surface area contributed by atoms with Gasteiger partial charge in [0.1, 0.15) is 6.04 Å². The molecule has 3 unspecified atom stereocenters. The van der Waals surface area contributed by atoms with Crippen molar-refractivity contribution in [2.75, 3.05) is 13.1 Å². The van der Waals surface area contributed by atoms with E-state index >= 15 is 0 Å². The lowest BCUT2D eigenvalue weighted by Crippen LogP contribution is -2.51. The Morgan fingerprint density at radius 2 is 2.45 bits per heavy atom. The molecule has 2 saturated heterocycles. The highest BCUT2D eigenvalue weighted by Gasteiger charge is 2.34. The zero-order valence-corrected chi connectivity index (χ0v) is 6.29. The Morgan fingerprint density at radius 1 is 1.64 bits per heavy atom. The van der Waals surface area contributed by atoms with Crippen LogP contribution < -0.4 is 5.43 Å². The lowest BCUT2D eigenvalue weighted by atomic mass is 9.99. The molecule has 2 bridgehead atoms. The van der Waals surface area contributed by atoms with E-state index < -0.39 is 5.97 Å². The predicted octanol–water partition coefficient (Wildman–Crippen LogP) is -0.330. The number of nitrogens with one attached hydrogen (secondary N) is 1. The van der Waals surface area contributed by atoms with E-state index in [1.54, 1.807) is 0 Å². The minimum absolute atomic E-state index is 0.337. The van der Waals surface area contributed by atoms with Crippen molar-refractivity contribution in [2.45, 2.75) is 18.9 Å². The van der Waals surface area contributed by atoms with Gasteiger partial charge >= 0.3 is 5.97 Å². The minimum atomic E-state index is -0.721. The third-order valence-electron chi connectivity index (χ3n) is 2.49. The van der Waals surface area contributed by atoms with Gasteiger partial charge in [0, 0.05) is 13.1 Å². The van der Waals surface area contributed by atoms with Crippen molar-refractivity contribution in [3.05, 3.63) is 0 Å². The Labute approximate surface area is 65.2 Å². The average Bonchev–Trinajstić information content (AvgIpc) is 2.30. The van der Waals surface area contributed by atoms with Crippen LogP contribution in [0.25, 0.3) is 0 Å². The number of carboxylic acids is 1. The summed E-state index contributed by atoms with van der Waals surface area (Å²) in [6.07, 6.45) is 1.95. The maximum Gasteiger partial charge on any atom is 0.322 e. The Hall–Kier alpha value is -0.610. The van der Waals surface area contributed by atoms with Gasteiger partial charge < -0.3 is 5.11 Å². The minimum Gasteiger partial charge on any atom is -0.480 e. The Bertz CT molecular complexity index is 171. The topological polar surface area (TPSA) is 52.6 Å². The summed E-state index contributed by atoms with van der Waals surface area (Å²) in [6.45, 7) is 2.04. The van der Waals surface area contributed by atoms with Crippen molar-refractivity contribution in [1.82, 2.24) is 10.4 Å². The second kappa shape index (κ2) is 2.46. The standard InChI is InChI=1S/C7H12N2O2/c10-7(11)6-3-5-1-2-9(4-5)8-6/h5-6,8H,1-4H2,(H,10,11). The van der Waals surface area contributed by atoms with Crippen molar-refractivity contribution in [1.29, 1.82) is 0 Å². The number of carbonyl (C=O) groups is 1. The molecule has 0 radical (unpaired) electrons. The van der Waals surface area contributed by atoms with E-state index in [4.69, 9.17) is 5.11 Å². The monoisotopic (exact) mass is 156 g/mol.